The number of carbonyl (C=O) groups is 1. The lowest BCUT2D eigenvalue weighted by Crippen LogP contribution is -2.52. The van der Waals surface area contributed by atoms with Crippen molar-refractivity contribution in [3.8, 4) is 0 Å². The van der Waals surface area contributed by atoms with E-state index < -0.39 is 0 Å². The van der Waals surface area contributed by atoms with E-state index in [4.69, 9.17) is 0 Å². The number of anilines is 1. The summed E-state index contributed by atoms with van der Waals surface area (Å²) >= 11 is 3.49. The molecule has 1 aromatic carbocycles. The normalized spacial score (nSPS) is 15.8. The average molecular weight is 326 g/mol. The predicted molar refractivity (Wildman–Crippen MR) is 81.6 cm³/mol. The van der Waals surface area contributed by atoms with Gasteiger partial charge in [0.15, 0.2) is 0 Å². The number of carbonyl (C=O) groups excluding carboxylic acids is 1. The quantitative estimate of drug-likeness (QED) is 0.907. The lowest BCUT2D eigenvalue weighted by Gasteiger charge is -2.36. The summed E-state index contributed by atoms with van der Waals surface area (Å²) in [6.07, 6.45) is 0. The predicted octanol–water partition coefficient (Wildman–Crippen LogP) is 2.69. The molecule has 0 radical (unpaired) electrons. The number of hydrogen-bond donors (Lipinski definition) is 1. The van der Waals surface area contributed by atoms with Gasteiger partial charge in [0.1, 0.15) is 0 Å². The summed E-state index contributed by atoms with van der Waals surface area (Å²) in [4.78, 5) is 16.1. The fourth-order valence-corrected chi connectivity index (χ4v) is 2.57. The van der Waals surface area contributed by atoms with E-state index in [0.29, 0.717) is 0 Å². The minimum absolute atomic E-state index is 0.0453. The van der Waals surface area contributed by atoms with Gasteiger partial charge in [-0.25, -0.2) is 4.79 Å². The maximum atomic E-state index is 11.9. The van der Waals surface area contributed by atoms with Crippen LogP contribution in [-0.4, -0.2) is 43.2 Å². The molecular formula is C14H20BrN3O. The summed E-state index contributed by atoms with van der Waals surface area (Å²) in [6, 6.07) is 8.52. The molecule has 0 aliphatic carbocycles. The van der Waals surface area contributed by atoms with Crippen molar-refractivity contribution in [2.45, 2.75) is 19.9 Å². The minimum Gasteiger partial charge on any atom is -0.368 e. The number of rotatable bonds is 2. The molecule has 2 rings (SSSR count). The molecule has 1 fully saturated rings. The second-order valence-corrected chi connectivity index (χ2v) is 5.97. The van der Waals surface area contributed by atoms with Gasteiger partial charge in [-0.1, -0.05) is 22.0 Å². The number of nitrogens with one attached hydrogen (secondary N) is 1. The van der Waals surface area contributed by atoms with Crippen LogP contribution in [0.2, 0.25) is 0 Å². The Morgan fingerprint density at radius 1 is 1.26 bits per heavy atom. The van der Waals surface area contributed by atoms with Crippen molar-refractivity contribution in [3.05, 3.63) is 28.7 Å². The van der Waals surface area contributed by atoms with Gasteiger partial charge >= 0.3 is 6.03 Å². The molecule has 0 spiro atoms. The van der Waals surface area contributed by atoms with E-state index in [9.17, 15) is 4.79 Å². The van der Waals surface area contributed by atoms with Crippen LogP contribution < -0.4 is 10.2 Å². The number of nitrogens with zero attached hydrogens (tertiary/aromatic N) is 2. The monoisotopic (exact) mass is 325 g/mol. The maximum absolute atomic E-state index is 11.9. The molecule has 1 aliphatic rings. The Labute approximate surface area is 122 Å². The third-order valence-corrected chi connectivity index (χ3v) is 3.65. The van der Waals surface area contributed by atoms with Crippen LogP contribution in [0.1, 0.15) is 13.8 Å². The summed E-state index contributed by atoms with van der Waals surface area (Å²) in [7, 11) is 0. The molecule has 104 valence electrons. The Bertz CT molecular complexity index is 442. The highest BCUT2D eigenvalue weighted by atomic mass is 79.9. The van der Waals surface area contributed by atoms with Crippen LogP contribution in [-0.2, 0) is 0 Å². The van der Waals surface area contributed by atoms with Crippen LogP contribution in [0.25, 0.3) is 0 Å². The lowest BCUT2D eigenvalue weighted by atomic mass is 10.2. The molecule has 0 unspecified atom stereocenters. The molecule has 0 saturated carbocycles. The first-order valence-electron chi connectivity index (χ1n) is 6.62. The van der Waals surface area contributed by atoms with Gasteiger partial charge in [0.05, 0.1) is 0 Å². The molecule has 1 saturated heterocycles. The van der Waals surface area contributed by atoms with Crippen LogP contribution in [0, 0.1) is 0 Å². The zero-order chi connectivity index (χ0) is 13.8. The standard InChI is InChI=1S/C14H20BrN3O/c1-11(2)16-14(19)18-8-6-17(7-9-18)13-5-3-4-12(15)10-13/h3-5,10-11H,6-9H2,1-2H3,(H,16,19). The smallest absolute Gasteiger partial charge is 0.317 e. The van der Waals surface area contributed by atoms with Crippen molar-refractivity contribution < 1.29 is 4.79 Å². The Balaban J connectivity index is 1.90. The number of benzene rings is 1. The van der Waals surface area contributed by atoms with Crippen LogP contribution in [0.3, 0.4) is 0 Å². The molecule has 0 bridgehead atoms. The molecule has 1 aromatic rings. The number of halogens is 1. The molecule has 2 amide bonds. The molecule has 5 heteroatoms. The molecule has 1 N–H and O–H groups in total. The molecular weight excluding hydrogens is 306 g/mol. The Morgan fingerprint density at radius 2 is 1.95 bits per heavy atom. The second-order valence-electron chi connectivity index (χ2n) is 5.06. The van der Waals surface area contributed by atoms with Crippen molar-refractivity contribution in [2.24, 2.45) is 0 Å². The van der Waals surface area contributed by atoms with Gasteiger partial charge in [0, 0.05) is 42.4 Å². The van der Waals surface area contributed by atoms with Crippen molar-refractivity contribution in [3.63, 3.8) is 0 Å². The van der Waals surface area contributed by atoms with E-state index in [1.54, 1.807) is 0 Å². The molecule has 1 heterocycles. The van der Waals surface area contributed by atoms with E-state index in [0.717, 1.165) is 30.7 Å². The van der Waals surface area contributed by atoms with Crippen LogP contribution in [0.15, 0.2) is 28.7 Å². The van der Waals surface area contributed by atoms with Gasteiger partial charge in [-0.2, -0.15) is 0 Å². The van der Waals surface area contributed by atoms with Crippen LogP contribution in [0.5, 0.6) is 0 Å². The number of urea groups is 1. The second kappa shape index (κ2) is 6.28. The SMILES string of the molecule is CC(C)NC(=O)N1CCN(c2cccc(Br)c2)CC1. The van der Waals surface area contributed by atoms with E-state index in [2.05, 4.69) is 38.3 Å². The largest absolute Gasteiger partial charge is 0.368 e. The minimum atomic E-state index is 0.0453. The summed E-state index contributed by atoms with van der Waals surface area (Å²) in [6.45, 7) is 7.26. The molecule has 1 aliphatic heterocycles. The zero-order valence-electron chi connectivity index (χ0n) is 11.4. The molecule has 4 nitrogen and oxygen atoms in total. The van der Waals surface area contributed by atoms with Gasteiger partial charge in [-0.3, -0.25) is 0 Å². The maximum Gasteiger partial charge on any atom is 0.317 e. The number of hydrogen-bond acceptors (Lipinski definition) is 2. The highest BCUT2D eigenvalue weighted by Gasteiger charge is 2.21. The summed E-state index contributed by atoms with van der Waals surface area (Å²) in [5, 5.41) is 2.94. The Hall–Kier alpha value is -1.23. The van der Waals surface area contributed by atoms with Gasteiger partial charge in [0.25, 0.3) is 0 Å². The Kier molecular flexibility index (Phi) is 4.69. The average Bonchev–Trinajstić information content (AvgIpc) is 2.38. The third-order valence-electron chi connectivity index (χ3n) is 3.15. The topological polar surface area (TPSA) is 35.6 Å². The van der Waals surface area contributed by atoms with Crippen LogP contribution >= 0.6 is 15.9 Å². The number of piperazine rings is 1. The fourth-order valence-electron chi connectivity index (χ4n) is 2.18. The summed E-state index contributed by atoms with van der Waals surface area (Å²) in [5.74, 6) is 0. The zero-order valence-corrected chi connectivity index (χ0v) is 13.0. The van der Waals surface area contributed by atoms with Gasteiger partial charge < -0.3 is 15.1 Å². The molecule has 0 atom stereocenters. The van der Waals surface area contributed by atoms with Crippen molar-refractivity contribution in [2.75, 3.05) is 31.1 Å². The summed E-state index contributed by atoms with van der Waals surface area (Å²) < 4.78 is 1.09. The fraction of sp³-hybridized carbons (Fsp3) is 0.500. The van der Waals surface area contributed by atoms with E-state index >= 15 is 0 Å². The highest BCUT2D eigenvalue weighted by Crippen LogP contribution is 2.21. The van der Waals surface area contributed by atoms with Gasteiger partial charge in [0.2, 0.25) is 0 Å². The Morgan fingerprint density at radius 3 is 2.53 bits per heavy atom. The van der Waals surface area contributed by atoms with E-state index in [1.165, 1.54) is 5.69 Å². The van der Waals surface area contributed by atoms with Crippen molar-refractivity contribution >= 4 is 27.6 Å². The van der Waals surface area contributed by atoms with Crippen molar-refractivity contribution in [1.82, 2.24) is 10.2 Å². The van der Waals surface area contributed by atoms with E-state index in [-0.39, 0.29) is 12.1 Å². The first kappa shape index (κ1) is 14.2. The summed E-state index contributed by atoms with van der Waals surface area (Å²) in [5.41, 5.74) is 1.21. The first-order chi connectivity index (χ1) is 9.06. The molecule has 19 heavy (non-hydrogen) atoms. The lowest BCUT2D eigenvalue weighted by molar-refractivity contribution is 0.192. The number of amides is 2. The first-order valence-corrected chi connectivity index (χ1v) is 7.41. The van der Waals surface area contributed by atoms with Gasteiger partial charge in [-0.05, 0) is 32.0 Å². The highest BCUT2D eigenvalue weighted by molar-refractivity contribution is 9.10. The van der Waals surface area contributed by atoms with E-state index in [1.807, 2.05) is 30.9 Å². The molecule has 0 aromatic heterocycles. The van der Waals surface area contributed by atoms with Gasteiger partial charge in [-0.15, -0.1) is 0 Å². The van der Waals surface area contributed by atoms with Crippen LogP contribution in [0.4, 0.5) is 10.5 Å². The third kappa shape index (κ3) is 3.86. The van der Waals surface area contributed by atoms with Crippen molar-refractivity contribution in [1.29, 1.82) is 0 Å².